The van der Waals surface area contributed by atoms with Crippen molar-refractivity contribution in [3.63, 3.8) is 0 Å². The van der Waals surface area contributed by atoms with Gasteiger partial charge in [-0.2, -0.15) is 0 Å². The summed E-state index contributed by atoms with van der Waals surface area (Å²) in [5, 5.41) is 0. The summed E-state index contributed by atoms with van der Waals surface area (Å²) < 4.78 is 34.5. The Morgan fingerprint density at radius 1 is 0.929 bits per heavy atom. The molecule has 230 valence electrons. The molecule has 1 saturated carbocycles. The van der Waals surface area contributed by atoms with Crippen LogP contribution in [0.15, 0.2) is 42.5 Å². The van der Waals surface area contributed by atoms with Gasteiger partial charge in [-0.1, -0.05) is 43.9 Å². The molecule has 42 heavy (non-hydrogen) atoms. The third kappa shape index (κ3) is 7.90. The number of carbonyl (C=O) groups excluding carboxylic acids is 1. The van der Waals surface area contributed by atoms with Crippen LogP contribution in [0.3, 0.4) is 0 Å². The van der Waals surface area contributed by atoms with E-state index in [-0.39, 0.29) is 12.0 Å². The molecule has 0 spiro atoms. The largest absolute Gasteiger partial charge is 0.491 e. The van der Waals surface area contributed by atoms with Crippen LogP contribution in [-0.2, 0) is 16.6 Å². The highest BCUT2D eigenvalue weighted by Crippen LogP contribution is 2.38. The first kappa shape index (κ1) is 30.9. The zero-order valence-electron chi connectivity index (χ0n) is 25.6. The van der Waals surface area contributed by atoms with Gasteiger partial charge in [0, 0.05) is 50.7 Å². The molecule has 2 heterocycles. The van der Waals surface area contributed by atoms with E-state index in [9.17, 15) is 13.6 Å². The maximum atomic E-state index is 14.6. The zero-order valence-corrected chi connectivity index (χ0v) is 25.6. The molecular weight excluding hydrogens is 532 g/mol. The Bertz CT molecular complexity index is 1180. The van der Waals surface area contributed by atoms with Crippen LogP contribution in [0.5, 0.6) is 5.75 Å². The molecular formula is C35H49F2N3O2. The fraction of sp³-hybridized carbons (Fsp3) is 0.629. The first-order valence-electron chi connectivity index (χ1n) is 16.3. The topological polar surface area (TPSA) is 36.0 Å². The Kier molecular flexibility index (Phi) is 10.5. The maximum absolute atomic E-state index is 14.6. The predicted molar refractivity (Wildman–Crippen MR) is 164 cm³/mol. The van der Waals surface area contributed by atoms with Gasteiger partial charge in [0.25, 0.3) is 0 Å². The van der Waals surface area contributed by atoms with Gasteiger partial charge in [-0.25, -0.2) is 8.78 Å². The molecule has 0 aromatic heterocycles. The lowest BCUT2D eigenvalue weighted by Crippen LogP contribution is -2.52. The van der Waals surface area contributed by atoms with Crippen molar-refractivity contribution < 1.29 is 18.3 Å². The van der Waals surface area contributed by atoms with Crippen LogP contribution in [0, 0.1) is 11.6 Å². The number of hydrogen-bond donors (Lipinski definition) is 0. The molecule has 1 amide bonds. The number of halogens is 2. The summed E-state index contributed by atoms with van der Waals surface area (Å²) in [5.41, 5.74) is 1.33. The van der Waals surface area contributed by atoms with E-state index in [0.29, 0.717) is 19.5 Å². The van der Waals surface area contributed by atoms with E-state index in [1.165, 1.54) is 44.2 Å². The van der Waals surface area contributed by atoms with Crippen molar-refractivity contribution in [3.8, 4) is 5.75 Å². The molecule has 2 saturated heterocycles. The normalized spacial score (nSPS) is 23.2. The number of nitrogens with zero attached hydrogens (tertiary/aromatic N) is 3. The van der Waals surface area contributed by atoms with Crippen molar-refractivity contribution >= 4 is 5.91 Å². The number of rotatable bonds is 9. The Hall–Kier alpha value is -2.51. The van der Waals surface area contributed by atoms with Crippen molar-refractivity contribution in [3.05, 3.63) is 65.2 Å². The van der Waals surface area contributed by atoms with Gasteiger partial charge < -0.3 is 14.5 Å². The fourth-order valence-electron chi connectivity index (χ4n) is 7.37. The summed E-state index contributed by atoms with van der Waals surface area (Å²) in [6.45, 7) is 10.4. The maximum Gasteiger partial charge on any atom is 0.227 e. The predicted octanol–water partition coefficient (Wildman–Crippen LogP) is 6.59. The smallest absolute Gasteiger partial charge is 0.227 e. The van der Waals surface area contributed by atoms with E-state index < -0.39 is 17.0 Å². The van der Waals surface area contributed by atoms with Gasteiger partial charge in [-0.15, -0.1) is 0 Å². The summed E-state index contributed by atoms with van der Waals surface area (Å²) in [5.74, 6) is -0.785. The fourth-order valence-corrected chi connectivity index (χ4v) is 7.37. The molecule has 0 bridgehead atoms. The van der Waals surface area contributed by atoms with Crippen molar-refractivity contribution in [1.82, 2.24) is 14.7 Å². The minimum atomic E-state index is -0.821. The van der Waals surface area contributed by atoms with Gasteiger partial charge in [0.15, 0.2) is 11.6 Å². The summed E-state index contributed by atoms with van der Waals surface area (Å²) in [4.78, 5) is 20.9. The van der Waals surface area contributed by atoms with Crippen molar-refractivity contribution in [2.24, 2.45) is 0 Å². The Morgan fingerprint density at radius 3 is 2.45 bits per heavy atom. The first-order chi connectivity index (χ1) is 20.3. The van der Waals surface area contributed by atoms with Crippen LogP contribution >= 0.6 is 0 Å². The molecule has 7 heteroatoms. The molecule has 3 fully saturated rings. The lowest BCUT2D eigenvalue weighted by atomic mass is 9.73. The number of benzene rings is 2. The molecule has 2 aromatic rings. The average molecular weight is 582 g/mol. The van der Waals surface area contributed by atoms with Crippen molar-refractivity contribution in [2.75, 3.05) is 45.8 Å². The second-order valence-corrected chi connectivity index (χ2v) is 13.1. The quantitative estimate of drug-likeness (QED) is 0.335. The number of piperazine rings is 1. The minimum Gasteiger partial charge on any atom is -0.491 e. The third-order valence-electron chi connectivity index (χ3n) is 9.74. The zero-order chi connectivity index (χ0) is 29.5. The van der Waals surface area contributed by atoms with Crippen LogP contribution in [0.2, 0.25) is 0 Å². The Morgan fingerprint density at radius 2 is 1.71 bits per heavy atom. The van der Waals surface area contributed by atoms with Gasteiger partial charge in [-0.05, 0) is 87.9 Å². The van der Waals surface area contributed by atoms with Crippen LogP contribution in [-0.4, -0.2) is 78.6 Å². The number of hydrogen-bond acceptors (Lipinski definition) is 4. The molecule has 2 aliphatic heterocycles. The second-order valence-electron chi connectivity index (χ2n) is 13.1. The number of carbonyl (C=O) groups is 1. The summed E-state index contributed by atoms with van der Waals surface area (Å²) >= 11 is 0. The standard InChI is InChI=1S/C35H49F2N3O2/c1-27(2)42-31-12-8-9-28(23-31)24-34(41)40-17-7-6-15-35(26-40,29-13-14-32(36)33(37)25-29)16-18-38-19-21-39(22-20-38)30-10-4-3-5-11-30/h8-9,12-14,23,25,27,30H,3-7,10-11,15-22,24,26H2,1-2H3/t35-/m1/s1. The van der Waals surface area contributed by atoms with Gasteiger partial charge in [-0.3, -0.25) is 9.69 Å². The molecule has 1 aliphatic carbocycles. The minimum absolute atomic E-state index is 0.0634. The molecule has 0 unspecified atom stereocenters. The summed E-state index contributed by atoms with van der Waals surface area (Å²) in [6.07, 6.45) is 10.7. The van der Waals surface area contributed by atoms with Crippen LogP contribution < -0.4 is 4.74 Å². The molecule has 5 nitrogen and oxygen atoms in total. The number of ether oxygens (including phenoxy) is 1. The van der Waals surface area contributed by atoms with Gasteiger partial charge in [0.05, 0.1) is 12.5 Å². The van der Waals surface area contributed by atoms with Crippen molar-refractivity contribution in [1.29, 1.82) is 0 Å². The second kappa shape index (κ2) is 14.3. The van der Waals surface area contributed by atoms with E-state index in [1.807, 2.05) is 43.0 Å². The van der Waals surface area contributed by atoms with E-state index >= 15 is 0 Å². The Balaban J connectivity index is 1.29. The monoisotopic (exact) mass is 581 g/mol. The number of likely N-dealkylation sites (tertiary alicyclic amines) is 1. The highest BCUT2D eigenvalue weighted by molar-refractivity contribution is 5.79. The van der Waals surface area contributed by atoms with Gasteiger partial charge >= 0.3 is 0 Å². The summed E-state index contributed by atoms with van der Waals surface area (Å²) in [6, 6.07) is 12.9. The lowest BCUT2D eigenvalue weighted by Gasteiger charge is -2.43. The van der Waals surface area contributed by atoms with E-state index in [2.05, 4.69) is 9.80 Å². The molecule has 0 N–H and O–H groups in total. The highest BCUT2D eigenvalue weighted by Gasteiger charge is 2.38. The first-order valence-corrected chi connectivity index (χ1v) is 16.3. The number of amides is 1. The highest BCUT2D eigenvalue weighted by atomic mass is 19.2. The van der Waals surface area contributed by atoms with Crippen LogP contribution in [0.4, 0.5) is 8.78 Å². The van der Waals surface area contributed by atoms with Crippen LogP contribution in [0.1, 0.15) is 82.8 Å². The SMILES string of the molecule is CC(C)Oc1cccc(CC(=O)N2CCCC[C@](CCN3CCN(C4CCCCC4)CC3)(c3ccc(F)c(F)c3)C2)c1. The van der Waals surface area contributed by atoms with E-state index in [4.69, 9.17) is 4.74 Å². The van der Waals surface area contributed by atoms with Crippen LogP contribution in [0.25, 0.3) is 0 Å². The third-order valence-corrected chi connectivity index (χ3v) is 9.74. The molecule has 2 aromatic carbocycles. The molecule has 3 aliphatic rings. The summed E-state index contributed by atoms with van der Waals surface area (Å²) in [7, 11) is 0. The molecule has 0 radical (unpaired) electrons. The average Bonchev–Trinajstić information content (AvgIpc) is 3.22. The molecule has 5 rings (SSSR count). The molecule has 1 atom stereocenters. The van der Waals surface area contributed by atoms with Gasteiger partial charge in [0.2, 0.25) is 5.91 Å². The van der Waals surface area contributed by atoms with E-state index in [0.717, 1.165) is 81.3 Å². The lowest BCUT2D eigenvalue weighted by molar-refractivity contribution is -0.131. The van der Waals surface area contributed by atoms with Crippen molar-refractivity contribution in [2.45, 2.75) is 95.6 Å². The van der Waals surface area contributed by atoms with E-state index in [1.54, 1.807) is 6.07 Å². The van der Waals surface area contributed by atoms with Gasteiger partial charge in [0.1, 0.15) is 5.75 Å². The Labute approximate surface area is 251 Å².